The molecule has 0 fully saturated rings. The molecule has 0 aliphatic rings. The van der Waals surface area contributed by atoms with Crippen LogP contribution >= 0.6 is 0 Å². The molecule has 0 unspecified atom stereocenters. The van der Waals surface area contributed by atoms with Crippen LogP contribution in [-0.4, -0.2) is 22.8 Å². The van der Waals surface area contributed by atoms with E-state index in [4.69, 9.17) is 0 Å². The molecule has 4 heteroatoms. The highest BCUT2D eigenvalue weighted by Crippen LogP contribution is 1.95. The van der Waals surface area contributed by atoms with Gasteiger partial charge >= 0.3 is 5.97 Å². The molecule has 0 aliphatic heterocycles. The predicted molar refractivity (Wildman–Crippen MR) is 36.8 cm³/mol. The third-order valence-electron chi connectivity index (χ3n) is 1.03. The summed E-state index contributed by atoms with van der Waals surface area (Å²) in [5.74, 6) is -0.414. The Labute approximate surface area is 64.2 Å². The van der Waals surface area contributed by atoms with Gasteiger partial charge in [0, 0.05) is 0 Å². The van der Waals surface area contributed by atoms with Crippen molar-refractivity contribution in [3.63, 3.8) is 0 Å². The quantitative estimate of drug-likeness (QED) is 0.576. The van der Waals surface area contributed by atoms with Crippen molar-refractivity contribution in [3.8, 4) is 0 Å². The number of hydrogen-bond donors (Lipinski definition) is 0. The molecule has 0 aromatic carbocycles. The molecule has 0 amide bonds. The Bertz CT molecular complexity index is 235. The van der Waals surface area contributed by atoms with Gasteiger partial charge in [0.1, 0.15) is 6.20 Å². The van der Waals surface area contributed by atoms with Crippen molar-refractivity contribution in [2.75, 3.05) is 6.61 Å². The monoisotopic (exact) mass is 151 g/mol. The maximum Gasteiger partial charge on any atom is 0.340 e. The zero-order valence-electron chi connectivity index (χ0n) is 6.07. The molecular weight excluding hydrogens is 144 g/mol. The third-order valence-corrected chi connectivity index (χ3v) is 1.03. The highest BCUT2D eigenvalue weighted by molar-refractivity contribution is 5.88. The maximum absolute atomic E-state index is 10.9. The van der Waals surface area contributed by atoms with Crippen LogP contribution in [0.15, 0.2) is 12.3 Å². The Balaban J connectivity index is 2.69. The van der Waals surface area contributed by atoms with E-state index in [0.717, 1.165) is 0 Å². The van der Waals surface area contributed by atoms with E-state index in [0.29, 0.717) is 12.2 Å². The fourth-order valence-corrected chi connectivity index (χ4v) is 0.584. The van der Waals surface area contributed by atoms with Crippen LogP contribution in [0.25, 0.3) is 0 Å². The summed E-state index contributed by atoms with van der Waals surface area (Å²) in [5.41, 5.74) is 0.307. The van der Waals surface area contributed by atoms with Gasteiger partial charge in [-0.15, -0.1) is 5.10 Å². The average Bonchev–Trinajstić information content (AvgIpc) is 2.07. The van der Waals surface area contributed by atoms with Crippen molar-refractivity contribution in [3.05, 3.63) is 24.0 Å². The van der Waals surface area contributed by atoms with Gasteiger partial charge < -0.3 is 4.74 Å². The average molecular weight is 151 g/mol. The van der Waals surface area contributed by atoms with Gasteiger partial charge in [0.2, 0.25) is 0 Å². The van der Waals surface area contributed by atoms with Crippen LogP contribution in [0.2, 0.25) is 0 Å². The summed E-state index contributed by atoms with van der Waals surface area (Å²) >= 11 is 0. The van der Waals surface area contributed by atoms with Crippen LogP contribution in [0.5, 0.6) is 0 Å². The Morgan fingerprint density at radius 3 is 3.18 bits per heavy atom. The molecule has 11 heavy (non-hydrogen) atoms. The summed E-state index contributed by atoms with van der Waals surface area (Å²) in [6.07, 6.45) is 3.84. The van der Waals surface area contributed by atoms with Crippen LogP contribution in [0.1, 0.15) is 17.3 Å². The molecule has 0 N–H and O–H groups in total. The summed E-state index contributed by atoms with van der Waals surface area (Å²) in [6, 6.07) is 1.50. The summed E-state index contributed by atoms with van der Waals surface area (Å²) in [6.45, 7) is 2.10. The number of rotatable bonds is 2. The molecule has 0 saturated carbocycles. The lowest BCUT2D eigenvalue weighted by atomic mass is 10.3. The molecule has 1 aromatic rings. The molecule has 0 spiro atoms. The molecule has 1 heterocycles. The minimum Gasteiger partial charge on any atom is -0.462 e. The minimum atomic E-state index is -0.414. The van der Waals surface area contributed by atoms with Crippen molar-refractivity contribution >= 4 is 5.97 Å². The zero-order valence-corrected chi connectivity index (χ0v) is 6.07. The summed E-state index contributed by atoms with van der Waals surface area (Å²) in [7, 11) is 0. The first kappa shape index (κ1) is 7.65. The van der Waals surface area contributed by atoms with Gasteiger partial charge in [-0.25, -0.2) is 4.79 Å². The SMILES string of the molecule is CCOC(=O)c1[c]nncc1. The van der Waals surface area contributed by atoms with Gasteiger partial charge in [0.15, 0.2) is 0 Å². The lowest BCUT2D eigenvalue weighted by molar-refractivity contribution is 0.0525. The molecule has 57 valence electrons. The van der Waals surface area contributed by atoms with Gasteiger partial charge in [0.25, 0.3) is 0 Å². The molecule has 0 saturated heterocycles. The second-order valence-electron chi connectivity index (χ2n) is 1.78. The molecule has 0 bridgehead atoms. The van der Waals surface area contributed by atoms with E-state index in [1.807, 2.05) is 0 Å². The maximum atomic E-state index is 10.9. The van der Waals surface area contributed by atoms with Gasteiger partial charge in [-0.05, 0) is 13.0 Å². The smallest absolute Gasteiger partial charge is 0.340 e. The number of carbonyl (C=O) groups is 1. The first-order chi connectivity index (χ1) is 5.34. The van der Waals surface area contributed by atoms with E-state index in [-0.39, 0.29) is 0 Å². The van der Waals surface area contributed by atoms with Crippen molar-refractivity contribution in [2.45, 2.75) is 6.92 Å². The normalized spacial score (nSPS) is 9.18. The first-order valence-corrected chi connectivity index (χ1v) is 3.21. The number of nitrogens with zero attached hydrogens (tertiary/aromatic N) is 2. The van der Waals surface area contributed by atoms with E-state index in [9.17, 15) is 4.79 Å². The number of carbonyl (C=O) groups excluding carboxylic acids is 1. The van der Waals surface area contributed by atoms with Crippen molar-refractivity contribution < 1.29 is 9.53 Å². The van der Waals surface area contributed by atoms with E-state index < -0.39 is 5.97 Å². The van der Waals surface area contributed by atoms with Crippen molar-refractivity contribution in [2.24, 2.45) is 0 Å². The molecule has 4 nitrogen and oxygen atoms in total. The van der Waals surface area contributed by atoms with Crippen LogP contribution in [-0.2, 0) is 4.74 Å². The number of ether oxygens (including phenoxy) is 1. The van der Waals surface area contributed by atoms with Crippen LogP contribution in [0, 0.1) is 6.20 Å². The second kappa shape index (κ2) is 3.65. The molecule has 0 aliphatic carbocycles. The Kier molecular flexibility index (Phi) is 2.54. The van der Waals surface area contributed by atoms with E-state index in [1.54, 1.807) is 6.92 Å². The molecule has 1 aromatic heterocycles. The highest BCUT2D eigenvalue weighted by atomic mass is 16.5. The number of aromatic nitrogens is 2. The molecule has 1 radical (unpaired) electrons. The van der Waals surface area contributed by atoms with E-state index >= 15 is 0 Å². The van der Waals surface area contributed by atoms with Crippen LogP contribution < -0.4 is 0 Å². The van der Waals surface area contributed by atoms with Crippen LogP contribution in [0.3, 0.4) is 0 Å². The summed E-state index contributed by atoms with van der Waals surface area (Å²) < 4.78 is 4.69. The minimum absolute atomic E-state index is 0.307. The first-order valence-electron chi connectivity index (χ1n) is 3.21. The van der Waals surface area contributed by atoms with Crippen molar-refractivity contribution in [1.29, 1.82) is 0 Å². The fraction of sp³-hybridized carbons (Fsp3) is 0.286. The lowest BCUT2D eigenvalue weighted by Crippen LogP contribution is -2.05. The predicted octanol–water partition coefficient (Wildman–Crippen LogP) is 0.453. The van der Waals surface area contributed by atoms with Gasteiger partial charge in [-0.3, -0.25) is 0 Å². The fourth-order valence-electron chi connectivity index (χ4n) is 0.584. The van der Waals surface area contributed by atoms with Gasteiger partial charge in [-0.1, -0.05) is 0 Å². The van der Waals surface area contributed by atoms with Gasteiger partial charge in [-0.2, -0.15) is 5.10 Å². The topological polar surface area (TPSA) is 52.1 Å². The third kappa shape index (κ3) is 2.00. The van der Waals surface area contributed by atoms with E-state index in [2.05, 4.69) is 21.1 Å². The second-order valence-corrected chi connectivity index (χ2v) is 1.78. The largest absolute Gasteiger partial charge is 0.462 e. The van der Waals surface area contributed by atoms with E-state index in [1.165, 1.54) is 12.3 Å². The molecule has 0 atom stereocenters. The van der Waals surface area contributed by atoms with Gasteiger partial charge in [0.05, 0.1) is 18.4 Å². The van der Waals surface area contributed by atoms with Crippen molar-refractivity contribution in [1.82, 2.24) is 10.2 Å². The molecular formula is C7H7N2O2. The standard InChI is InChI=1S/C7H7N2O2/c1-2-11-7(10)6-3-4-8-9-5-6/h3-4H,2H2,1H3. The highest BCUT2D eigenvalue weighted by Gasteiger charge is 2.04. The molecule has 1 rings (SSSR count). The number of hydrogen-bond acceptors (Lipinski definition) is 4. The Hall–Kier alpha value is -1.45. The summed E-state index contributed by atoms with van der Waals surface area (Å²) in [4.78, 5) is 10.9. The Morgan fingerprint density at radius 1 is 1.82 bits per heavy atom. The Morgan fingerprint density at radius 2 is 2.64 bits per heavy atom. The summed E-state index contributed by atoms with van der Waals surface area (Å²) in [5, 5.41) is 6.89. The number of esters is 1. The lowest BCUT2D eigenvalue weighted by Gasteiger charge is -1.97. The zero-order chi connectivity index (χ0) is 8.10. The van der Waals surface area contributed by atoms with Crippen LogP contribution in [0.4, 0.5) is 0 Å².